The molecule has 0 atom stereocenters. The van der Waals surface area contributed by atoms with E-state index in [1.165, 1.54) is 21.4 Å². The highest BCUT2D eigenvalue weighted by Crippen LogP contribution is 2.27. The fraction of sp³-hybridized carbons (Fsp3) is 0. The van der Waals surface area contributed by atoms with Gasteiger partial charge >= 0.3 is 0 Å². The van der Waals surface area contributed by atoms with Crippen molar-refractivity contribution in [3.8, 4) is 21.7 Å². The largest absolute Gasteiger partial charge is 0.283 e. The number of benzene rings is 3. The molecule has 0 aliphatic rings. The van der Waals surface area contributed by atoms with Gasteiger partial charge in [-0.1, -0.05) is 78.1 Å². The molecular weight excluding hydrogens is 342 g/mol. The van der Waals surface area contributed by atoms with E-state index in [-0.39, 0.29) is 5.56 Å². The first kappa shape index (κ1) is 15.0. The average molecular weight is 355 g/mol. The maximum absolute atomic E-state index is 12.6. The van der Waals surface area contributed by atoms with Gasteiger partial charge in [-0.3, -0.25) is 4.79 Å². The van der Waals surface area contributed by atoms with Gasteiger partial charge in [-0.25, -0.2) is 4.98 Å². The summed E-state index contributed by atoms with van der Waals surface area (Å²) in [6, 6.07) is 25.8. The Bertz CT molecular complexity index is 1290. The smallest absolute Gasteiger partial charge is 0.267 e. The quantitative estimate of drug-likeness (QED) is 0.463. The summed E-state index contributed by atoms with van der Waals surface area (Å²) in [5.41, 5.74) is 3.87. The summed E-state index contributed by atoms with van der Waals surface area (Å²) in [4.78, 5) is 17.8. The van der Waals surface area contributed by atoms with Gasteiger partial charge in [0.05, 0.1) is 10.9 Å². The van der Waals surface area contributed by atoms with E-state index in [2.05, 4.69) is 34.3 Å². The Kier molecular flexibility index (Phi) is 3.40. The molecule has 3 aromatic carbocycles. The van der Waals surface area contributed by atoms with Crippen LogP contribution in [0.5, 0.6) is 0 Å². The normalized spacial score (nSPS) is 11.2. The Morgan fingerprint density at radius 1 is 0.731 bits per heavy atom. The molecule has 0 aliphatic carbocycles. The summed E-state index contributed by atoms with van der Waals surface area (Å²) in [5, 5.41) is 5.86. The Labute approximate surface area is 153 Å². The molecule has 0 bridgehead atoms. The second kappa shape index (κ2) is 5.89. The first-order chi connectivity index (χ1) is 12.8. The summed E-state index contributed by atoms with van der Waals surface area (Å²) < 4.78 is 1.40. The minimum Gasteiger partial charge on any atom is -0.267 e. The minimum absolute atomic E-state index is 0.131. The number of hydrogen-bond donors (Lipinski definition) is 0. The van der Waals surface area contributed by atoms with Gasteiger partial charge in [-0.2, -0.15) is 9.61 Å². The maximum Gasteiger partial charge on any atom is 0.283 e. The summed E-state index contributed by atoms with van der Waals surface area (Å²) in [6.45, 7) is 0. The Morgan fingerprint density at radius 2 is 1.38 bits per heavy atom. The third kappa shape index (κ3) is 2.41. The molecule has 0 unspecified atom stereocenters. The molecular formula is C21H13N3OS. The van der Waals surface area contributed by atoms with E-state index in [1.807, 2.05) is 48.5 Å². The van der Waals surface area contributed by atoms with Crippen LogP contribution in [0.4, 0.5) is 0 Å². The Hall–Kier alpha value is -3.31. The number of aromatic nitrogens is 3. The van der Waals surface area contributed by atoms with Crippen molar-refractivity contribution in [2.24, 2.45) is 0 Å². The highest BCUT2D eigenvalue weighted by Gasteiger charge is 2.12. The highest BCUT2D eigenvalue weighted by atomic mass is 32.1. The molecule has 0 saturated heterocycles. The molecule has 5 rings (SSSR count). The summed E-state index contributed by atoms with van der Waals surface area (Å²) in [5.74, 6) is 0. The second-order valence-corrected chi connectivity index (χ2v) is 6.94. The van der Waals surface area contributed by atoms with E-state index < -0.39 is 0 Å². The van der Waals surface area contributed by atoms with Crippen LogP contribution < -0.4 is 5.56 Å². The first-order valence-corrected chi connectivity index (χ1v) is 9.06. The van der Waals surface area contributed by atoms with Crippen LogP contribution in [0.1, 0.15) is 0 Å². The van der Waals surface area contributed by atoms with Gasteiger partial charge in [-0.05, 0) is 23.3 Å². The number of hydrogen-bond acceptors (Lipinski definition) is 4. The lowest BCUT2D eigenvalue weighted by molar-refractivity contribution is 0.920. The van der Waals surface area contributed by atoms with Crippen molar-refractivity contribution in [2.45, 2.75) is 0 Å². The monoisotopic (exact) mass is 355 g/mol. The van der Waals surface area contributed by atoms with Crippen molar-refractivity contribution in [1.29, 1.82) is 0 Å². The van der Waals surface area contributed by atoms with Crippen molar-refractivity contribution < 1.29 is 0 Å². The third-order valence-electron chi connectivity index (χ3n) is 4.34. The summed E-state index contributed by atoms with van der Waals surface area (Å²) >= 11 is 1.42. The van der Waals surface area contributed by atoms with E-state index in [9.17, 15) is 4.79 Å². The highest BCUT2D eigenvalue weighted by molar-refractivity contribution is 7.19. The third-order valence-corrected chi connectivity index (χ3v) is 5.30. The van der Waals surface area contributed by atoms with Crippen molar-refractivity contribution in [2.75, 3.05) is 0 Å². The molecule has 0 aliphatic heterocycles. The fourth-order valence-electron chi connectivity index (χ4n) is 3.01. The first-order valence-electron chi connectivity index (χ1n) is 8.24. The van der Waals surface area contributed by atoms with Crippen LogP contribution in [-0.2, 0) is 0 Å². The van der Waals surface area contributed by atoms with Crippen LogP contribution in [-0.4, -0.2) is 14.6 Å². The van der Waals surface area contributed by atoms with E-state index in [1.54, 1.807) is 6.07 Å². The van der Waals surface area contributed by atoms with E-state index >= 15 is 0 Å². The van der Waals surface area contributed by atoms with Crippen LogP contribution in [0.15, 0.2) is 83.7 Å². The SMILES string of the molecule is O=c1c2ccccc2nc2sc(-c3ccc(-c4ccccc4)cc3)nn12. The molecule has 2 aromatic heterocycles. The fourth-order valence-corrected chi connectivity index (χ4v) is 3.91. The molecule has 0 fully saturated rings. The second-order valence-electron chi connectivity index (χ2n) is 5.98. The number of nitrogens with zero attached hydrogens (tertiary/aromatic N) is 3. The van der Waals surface area contributed by atoms with Crippen LogP contribution in [0, 0.1) is 0 Å². The van der Waals surface area contributed by atoms with Gasteiger partial charge in [0.25, 0.3) is 5.56 Å². The molecule has 0 spiro atoms. The van der Waals surface area contributed by atoms with E-state index in [0.29, 0.717) is 15.9 Å². The van der Waals surface area contributed by atoms with Gasteiger partial charge in [0, 0.05) is 5.56 Å². The topological polar surface area (TPSA) is 47.3 Å². The molecule has 0 saturated carbocycles. The number of rotatable bonds is 2. The van der Waals surface area contributed by atoms with Gasteiger partial charge < -0.3 is 0 Å². The molecule has 5 heteroatoms. The van der Waals surface area contributed by atoms with Gasteiger partial charge in [0.1, 0.15) is 5.01 Å². The van der Waals surface area contributed by atoms with Crippen LogP contribution >= 0.6 is 11.3 Å². The summed E-state index contributed by atoms with van der Waals surface area (Å²) in [7, 11) is 0. The van der Waals surface area contributed by atoms with Crippen LogP contribution in [0.25, 0.3) is 37.6 Å². The standard InChI is InChI=1S/C21H13N3OS/c25-20-17-8-4-5-9-18(17)22-21-24(20)23-19(26-21)16-12-10-15(11-13-16)14-6-2-1-3-7-14/h1-13H. The lowest BCUT2D eigenvalue weighted by Gasteiger charge is -2.02. The maximum atomic E-state index is 12.6. The van der Waals surface area contributed by atoms with Crippen LogP contribution in [0.2, 0.25) is 0 Å². The lowest BCUT2D eigenvalue weighted by atomic mass is 10.0. The Morgan fingerprint density at radius 3 is 2.19 bits per heavy atom. The lowest BCUT2D eigenvalue weighted by Crippen LogP contribution is -2.14. The zero-order valence-electron chi connectivity index (χ0n) is 13.7. The molecule has 0 N–H and O–H groups in total. The minimum atomic E-state index is -0.131. The van der Waals surface area contributed by atoms with Crippen molar-refractivity contribution >= 4 is 27.2 Å². The molecule has 26 heavy (non-hydrogen) atoms. The molecule has 124 valence electrons. The van der Waals surface area contributed by atoms with Crippen molar-refractivity contribution in [1.82, 2.24) is 14.6 Å². The van der Waals surface area contributed by atoms with Crippen LogP contribution in [0.3, 0.4) is 0 Å². The van der Waals surface area contributed by atoms with Gasteiger partial charge in [-0.15, -0.1) is 0 Å². The Balaban J connectivity index is 1.62. The predicted molar refractivity (Wildman–Crippen MR) is 106 cm³/mol. The molecule has 0 amide bonds. The molecule has 2 heterocycles. The van der Waals surface area contributed by atoms with Crippen molar-refractivity contribution in [3.63, 3.8) is 0 Å². The molecule has 0 radical (unpaired) electrons. The van der Waals surface area contributed by atoms with E-state index in [4.69, 9.17) is 0 Å². The van der Waals surface area contributed by atoms with Crippen molar-refractivity contribution in [3.05, 3.63) is 89.2 Å². The predicted octanol–water partition coefficient (Wildman–Crippen LogP) is 4.64. The van der Waals surface area contributed by atoms with Gasteiger partial charge in [0.15, 0.2) is 0 Å². The number of fused-ring (bicyclic) bond motifs is 2. The zero-order chi connectivity index (χ0) is 17.5. The van der Waals surface area contributed by atoms with E-state index in [0.717, 1.165) is 16.1 Å². The summed E-state index contributed by atoms with van der Waals surface area (Å²) in [6.07, 6.45) is 0. The molecule has 4 nitrogen and oxygen atoms in total. The zero-order valence-corrected chi connectivity index (χ0v) is 14.5. The van der Waals surface area contributed by atoms with Gasteiger partial charge in [0.2, 0.25) is 4.96 Å². The average Bonchev–Trinajstić information content (AvgIpc) is 3.13. The molecule has 5 aromatic rings. The number of para-hydroxylation sites is 1.